The van der Waals surface area contributed by atoms with Crippen molar-refractivity contribution in [2.75, 3.05) is 11.5 Å². The molecule has 2 fully saturated rings. The fraction of sp³-hybridized carbons (Fsp3) is 0.429. The minimum absolute atomic E-state index is 0.0984. The van der Waals surface area contributed by atoms with Gasteiger partial charge in [0.25, 0.3) is 0 Å². The molecule has 304 valence electrons. The summed E-state index contributed by atoms with van der Waals surface area (Å²) in [7, 11) is -1.35. The van der Waals surface area contributed by atoms with Crippen molar-refractivity contribution in [2.24, 2.45) is 11.8 Å². The van der Waals surface area contributed by atoms with Gasteiger partial charge >= 0.3 is 7.12 Å². The molecule has 0 aromatic heterocycles. The van der Waals surface area contributed by atoms with E-state index in [2.05, 4.69) is 41.9 Å². The molecular formula is C42H48BBrF8N2O2. The van der Waals surface area contributed by atoms with Gasteiger partial charge in [-0.2, -0.15) is 0 Å². The Hall–Kier alpha value is -3.62. The van der Waals surface area contributed by atoms with Gasteiger partial charge in [0.15, 0.2) is 46.5 Å². The molecule has 2 saturated carbocycles. The van der Waals surface area contributed by atoms with Crippen molar-refractivity contribution in [3.8, 4) is 11.1 Å². The number of nitrogens with two attached hydrogens (primary N) is 2. The van der Waals surface area contributed by atoms with Crippen LogP contribution in [0.15, 0.2) is 53.0 Å². The maximum Gasteiger partial charge on any atom is 0.488 e. The smallest absolute Gasteiger partial charge is 0.423 e. The van der Waals surface area contributed by atoms with Crippen molar-refractivity contribution in [1.29, 1.82) is 0 Å². The molecule has 6 rings (SSSR count). The molecule has 2 aliphatic carbocycles. The Labute approximate surface area is 332 Å². The SMILES string of the molecule is CCCC1CCC(c2ccc(-c3c(F)c(F)c(N)c(F)c3F)cc2)CC1.CCCC1CCC(c2ccc(B(O)O)cc2)CC1.Nc1c(F)c(F)c(Br)c(F)c1F. The number of hydrogen-bond acceptors (Lipinski definition) is 4. The minimum atomic E-state index is -1.60. The molecule has 0 unspecified atom stereocenters. The first kappa shape index (κ1) is 45.1. The Morgan fingerprint density at radius 3 is 1.21 bits per heavy atom. The van der Waals surface area contributed by atoms with Gasteiger partial charge in [0.2, 0.25) is 0 Å². The second kappa shape index (κ2) is 20.7. The predicted molar refractivity (Wildman–Crippen MR) is 210 cm³/mol. The summed E-state index contributed by atoms with van der Waals surface area (Å²) in [5, 5.41) is 18.1. The van der Waals surface area contributed by atoms with Gasteiger partial charge in [-0.1, -0.05) is 88.1 Å². The van der Waals surface area contributed by atoms with E-state index < -0.39 is 75.1 Å². The van der Waals surface area contributed by atoms with E-state index in [9.17, 15) is 35.1 Å². The van der Waals surface area contributed by atoms with Crippen LogP contribution in [0, 0.1) is 58.4 Å². The lowest BCUT2D eigenvalue weighted by Gasteiger charge is -2.28. The van der Waals surface area contributed by atoms with Crippen LogP contribution in [0.3, 0.4) is 0 Å². The molecule has 0 amide bonds. The van der Waals surface area contributed by atoms with Crippen molar-refractivity contribution in [3.63, 3.8) is 0 Å². The lowest BCUT2D eigenvalue weighted by Crippen LogP contribution is -2.29. The van der Waals surface area contributed by atoms with Crippen LogP contribution in [0.5, 0.6) is 0 Å². The third kappa shape index (κ3) is 10.9. The van der Waals surface area contributed by atoms with E-state index in [1.165, 1.54) is 81.9 Å². The zero-order valence-corrected chi connectivity index (χ0v) is 33.0. The van der Waals surface area contributed by atoms with E-state index in [0.29, 0.717) is 17.3 Å². The monoisotopic (exact) mass is 854 g/mol. The van der Waals surface area contributed by atoms with Crippen LogP contribution in [-0.4, -0.2) is 17.2 Å². The van der Waals surface area contributed by atoms with Crippen LogP contribution in [0.4, 0.5) is 46.5 Å². The molecule has 4 aromatic carbocycles. The molecule has 2 aliphatic rings. The van der Waals surface area contributed by atoms with Gasteiger partial charge in [-0.25, -0.2) is 35.1 Å². The molecule has 4 nitrogen and oxygen atoms in total. The quantitative estimate of drug-likeness (QED) is 0.0467. The van der Waals surface area contributed by atoms with E-state index >= 15 is 0 Å². The maximum atomic E-state index is 14.1. The van der Waals surface area contributed by atoms with Crippen LogP contribution in [0.2, 0.25) is 0 Å². The average molecular weight is 856 g/mol. The fourth-order valence-corrected chi connectivity index (χ4v) is 8.12. The molecule has 4 aromatic rings. The van der Waals surface area contributed by atoms with Gasteiger partial charge in [0.05, 0.1) is 10.0 Å². The van der Waals surface area contributed by atoms with Gasteiger partial charge in [-0.15, -0.1) is 0 Å². The first-order chi connectivity index (χ1) is 26.6. The molecule has 0 heterocycles. The third-order valence-corrected chi connectivity index (χ3v) is 11.7. The molecule has 56 heavy (non-hydrogen) atoms. The molecule has 6 N–H and O–H groups in total. The second-order valence-electron chi connectivity index (χ2n) is 14.7. The maximum absolute atomic E-state index is 14.1. The number of nitrogen functional groups attached to an aromatic ring is 2. The normalized spacial score (nSPS) is 19.4. The van der Waals surface area contributed by atoms with E-state index in [1.54, 1.807) is 12.1 Å². The summed E-state index contributed by atoms with van der Waals surface area (Å²) in [4.78, 5) is 0. The first-order valence-electron chi connectivity index (χ1n) is 19.1. The second-order valence-corrected chi connectivity index (χ2v) is 15.5. The third-order valence-electron chi connectivity index (χ3n) is 11.0. The highest BCUT2D eigenvalue weighted by Crippen LogP contribution is 2.40. The highest BCUT2D eigenvalue weighted by atomic mass is 79.9. The molecule has 0 atom stereocenters. The number of anilines is 2. The van der Waals surface area contributed by atoms with E-state index in [4.69, 9.17) is 21.5 Å². The predicted octanol–water partition coefficient (Wildman–Crippen LogP) is 11.6. The van der Waals surface area contributed by atoms with Crippen molar-refractivity contribution in [3.05, 3.63) is 111 Å². The molecule has 14 heteroatoms. The highest BCUT2D eigenvalue weighted by molar-refractivity contribution is 9.10. The Bertz CT molecular complexity index is 1770. The highest BCUT2D eigenvalue weighted by Gasteiger charge is 2.27. The largest absolute Gasteiger partial charge is 0.488 e. The summed E-state index contributed by atoms with van der Waals surface area (Å²) in [6, 6.07) is 14.4. The molecule has 0 saturated heterocycles. The summed E-state index contributed by atoms with van der Waals surface area (Å²) < 4.78 is 105. The van der Waals surface area contributed by atoms with Gasteiger partial charge in [-0.05, 0) is 113 Å². The van der Waals surface area contributed by atoms with Crippen LogP contribution in [-0.2, 0) is 0 Å². The summed E-state index contributed by atoms with van der Waals surface area (Å²) in [6.45, 7) is 4.47. The van der Waals surface area contributed by atoms with E-state index in [-0.39, 0.29) is 5.56 Å². The van der Waals surface area contributed by atoms with Crippen molar-refractivity contribution in [1.82, 2.24) is 0 Å². The summed E-state index contributed by atoms with van der Waals surface area (Å²) in [5.41, 5.74) is 9.88. The van der Waals surface area contributed by atoms with E-state index in [1.807, 2.05) is 12.1 Å². The van der Waals surface area contributed by atoms with Crippen molar-refractivity contribution in [2.45, 2.75) is 103 Å². The van der Waals surface area contributed by atoms with Gasteiger partial charge in [0, 0.05) is 0 Å². The number of benzene rings is 4. The van der Waals surface area contributed by atoms with Crippen LogP contribution in [0.25, 0.3) is 11.1 Å². The fourth-order valence-electron chi connectivity index (χ4n) is 7.77. The van der Waals surface area contributed by atoms with Crippen molar-refractivity contribution < 1.29 is 45.2 Å². The zero-order valence-electron chi connectivity index (χ0n) is 31.4. The Morgan fingerprint density at radius 1 is 0.536 bits per heavy atom. The molecular weight excluding hydrogens is 807 g/mol. The number of halogens is 9. The summed E-state index contributed by atoms with van der Waals surface area (Å²) >= 11 is 2.33. The Kier molecular flexibility index (Phi) is 16.7. The molecule has 0 spiro atoms. The summed E-state index contributed by atoms with van der Waals surface area (Å²) in [6.07, 6.45) is 15.0. The standard InChI is InChI=1S/C21H23F4N.C15H23BO2.C6H2BrF4N/c1-2-3-12-4-6-13(7-5-12)14-8-10-15(11-9-14)16-17(22)19(24)21(26)20(25)18(16)23;1-2-3-12-4-6-13(7-5-12)14-8-10-15(11-9-14)16(17)18;7-1-2(8)4(10)6(12)5(11)3(1)9/h8-13H,2-7,26H2,1H3;8-13,17-18H,2-7H2,1H3;12H2. The number of hydrogen-bond donors (Lipinski definition) is 4. The first-order valence-corrected chi connectivity index (χ1v) is 19.8. The van der Waals surface area contributed by atoms with Gasteiger partial charge in [0.1, 0.15) is 11.4 Å². The summed E-state index contributed by atoms with van der Waals surface area (Å²) in [5.74, 6) is -9.49. The van der Waals surface area contributed by atoms with Crippen LogP contribution < -0.4 is 16.9 Å². The topological polar surface area (TPSA) is 92.5 Å². The van der Waals surface area contributed by atoms with Crippen molar-refractivity contribution >= 4 is 39.9 Å². The zero-order chi connectivity index (χ0) is 41.3. The molecule has 0 radical (unpaired) electrons. The van der Waals surface area contributed by atoms with Gasteiger partial charge < -0.3 is 21.5 Å². The average Bonchev–Trinajstić information content (AvgIpc) is 3.21. The molecule has 0 bridgehead atoms. The van der Waals surface area contributed by atoms with Crippen LogP contribution in [0.1, 0.15) is 114 Å². The lowest BCUT2D eigenvalue weighted by molar-refractivity contribution is 0.308. The lowest BCUT2D eigenvalue weighted by atomic mass is 9.75. The Morgan fingerprint density at radius 2 is 0.875 bits per heavy atom. The molecule has 0 aliphatic heterocycles. The minimum Gasteiger partial charge on any atom is -0.423 e. The Balaban J connectivity index is 0.000000201. The van der Waals surface area contributed by atoms with E-state index in [0.717, 1.165) is 30.2 Å². The van der Waals surface area contributed by atoms with Gasteiger partial charge in [-0.3, -0.25) is 0 Å². The number of rotatable bonds is 8. The van der Waals surface area contributed by atoms with Crippen LogP contribution >= 0.6 is 15.9 Å².